The van der Waals surface area contributed by atoms with Crippen LogP contribution in [0.5, 0.6) is 0 Å². The molecule has 0 aliphatic carbocycles. The average Bonchev–Trinajstić information content (AvgIpc) is 2.79. The number of hydrogen-bond donors (Lipinski definition) is 3. The Morgan fingerprint density at radius 2 is 2.00 bits per heavy atom. The number of carbonyl (C=O) groups excluding carboxylic acids is 1. The quantitative estimate of drug-likeness (QED) is 0.332. The van der Waals surface area contributed by atoms with Crippen LogP contribution in [-0.2, 0) is 0 Å². The Kier molecular flexibility index (Phi) is 4.95. The molecule has 0 bridgehead atoms. The van der Waals surface area contributed by atoms with Crippen LogP contribution in [0.3, 0.4) is 0 Å². The first-order chi connectivity index (χ1) is 9.92. The lowest BCUT2D eigenvalue weighted by Gasteiger charge is -2.08. The van der Waals surface area contributed by atoms with Gasteiger partial charge in [0.15, 0.2) is 5.84 Å². The van der Waals surface area contributed by atoms with Gasteiger partial charge < -0.3 is 16.3 Å². The minimum absolute atomic E-state index is 0.0811. The van der Waals surface area contributed by atoms with Crippen molar-refractivity contribution < 1.29 is 10.0 Å². The highest BCUT2D eigenvalue weighted by molar-refractivity contribution is 7.20. The van der Waals surface area contributed by atoms with Crippen molar-refractivity contribution in [2.75, 3.05) is 5.32 Å². The molecule has 1 heterocycles. The minimum atomic E-state index is -0.429. The van der Waals surface area contributed by atoms with Crippen molar-refractivity contribution >= 4 is 63.6 Å². The number of thiophene rings is 1. The molecule has 0 spiro atoms. The number of carbonyl (C=O) groups is 1. The molecule has 1 aromatic carbocycles. The maximum atomic E-state index is 12.1. The Balaban J connectivity index is 2.24. The Morgan fingerprint density at radius 1 is 1.29 bits per heavy atom. The molecule has 5 nitrogen and oxygen atoms in total. The monoisotopic (exact) mass is 363 g/mol. The summed E-state index contributed by atoms with van der Waals surface area (Å²) in [5.41, 5.74) is 6.52. The standard InChI is InChI=1S/C12H8Cl3N3O2S/c13-7-3-5(11(16)18-20)1-2-8(7)17-12(19)6-4-9(14)21-10(6)15/h1-4,20H,(H2,16,18)(H,17,19). The molecule has 21 heavy (non-hydrogen) atoms. The van der Waals surface area contributed by atoms with Gasteiger partial charge in [0.05, 0.1) is 20.6 Å². The van der Waals surface area contributed by atoms with Gasteiger partial charge >= 0.3 is 0 Å². The lowest BCUT2D eigenvalue weighted by Crippen LogP contribution is -2.14. The minimum Gasteiger partial charge on any atom is -0.409 e. The molecule has 1 aromatic heterocycles. The molecule has 0 atom stereocenters. The third-order valence-electron chi connectivity index (χ3n) is 2.52. The summed E-state index contributed by atoms with van der Waals surface area (Å²) >= 11 is 18.8. The van der Waals surface area contributed by atoms with E-state index in [9.17, 15) is 4.79 Å². The van der Waals surface area contributed by atoms with E-state index in [2.05, 4.69) is 10.5 Å². The maximum Gasteiger partial charge on any atom is 0.258 e. The van der Waals surface area contributed by atoms with Crippen LogP contribution in [-0.4, -0.2) is 17.0 Å². The van der Waals surface area contributed by atoms with Crippen molar-refractivity contribution in [3.8, 4) is 0 Å². The first-order valence-electron chi connectivity index (χ1n) is 5.46. The molecular weight excluding hydrogens is 357 g/mol. The molecule has 0 saturated heterocycles. The third kappa shape index (κ3) is 3.59. The highest BCUT2D eigenvalue weighted by Gasteiger charge is 2.16. The van der Waals surface area contributed by atoms with Gasteiger partial charge in [-0.3, -0.25) is 4.79 Å². The molecule has 2 aromatic rings. The van der Waals surface area contributed by atoms with Crippen molar-refractivity contribution in [3.05, 3.63) is 49.1 Å². The van der Waals surface area contributed by atoms with E-state index in [1.807, 2.05) is 0 Å². The van der Waals surface area contributed by atoms with E-state index in [1.165, 1.54) is 18.2 Å². The van der Waals surface area contributed by atoms with Crippen molar-refractivity contribution in [2.45, 2.75) is 0 Å². The Bertz CT molecular complexity index is 731. The van der Waals surface area contributed by atoms with Gasteiger partial charge in [0.1, 0.15) is 4.34 Å². The molecule has 2 rings (SSSR count). The lowest BCUT2D eigenvalue weighted by molar-refractivity contribution is 0.102. The molecule has 0 saturated carbocycles. The fraction of sp³-hybridized carbons (Fsp3) is 0. The van der Waals surface area contributed by atoms with Crippen molar-refractivity contribution in [2.24, 2.45) is 10.9 Å². The molecule has 110 valence electrons. The SMILES string of the molecule is N/C(=N/O)c1ccc(NC(=O)c2cc(Cl)sc2Cl)c(Cl)c1. The van der Waals surface area contributed by atoms with Gasteiger partial charge in [0.2, 0.25) is 0 Å². The third-order valence-corrected chi connectivity index (χ3v) is 4.32. The Labute approximate surface area is 138 Å². The van der Waals surface area contributed by atoms with Gasteiger partial charge in [-0.25, -0.2) is 0 Å². The predicted octanol–water partition coefficient (Wildman–Crippen LogP) is 4.06. The number of benzene rings is 1. The summed E-state index contributed by atoms with van der Waals surface area (Å²) in [7, 11) is 0. The molecule has 1 amide bonds. The molecule has 0 aliphatic heterocycles. The van der Waals surface area contributed by atoms with E-state index in [1.54, 1.807) is 6.07 Å². The fourth-order valence-corrected chi connectivity index (χ4v) is 3.20. The summed E-state index contributed by atoms with van der Waals surface area (Å²) in [6, 6.07) is 6.03. The number of rotatable bonds is 3. The van der Waals surface area contributed by atoms with Gasteiger partial charge in [-0.15, -0.1) is 11.3 Å². The van der Waals surface area contributed by atoms with E-state index >= 15 is 0 Å². The lowest BCUT2D eigenvalue weighted by atomic mass is 10.2. The topological polar surface area (TPSA) is 87.7 Å². The molecular formula is C12H8Cl3N3O2S. The van der Waals surface area contributed by atoms with Crippen LogP contribution in [0.4, 0.5) is 5.69 Å². The van der Waals surface area contributed by atoms with Crippen molar-refractivity contribution in [1.29, 1.82) is 0 Å². The van der Waals surface area contributed by atoms with Crippen LogP contribution >= 0.6 is 46.1 Å². The van der Waals surface area contributed by atoms with Gasteiger partial charge in [0, 0.05) is 5.56 Å². The highest BCUT2D eigenvalue weighted by Crippen LogP contribution is 2.32. The molecule has 0 radical (unpaired) electrons. The number of amides is 1. The molecule has 0 fully saturated rings. The number of hydrogen-bond acceptors (Lipinski definition) is 4. The smallest absolute Gasteiger partial charge is 0.258 e. The fourth-order valence-electron chi connectivity index (χ4n) is 1.52. The first-order valence-corrected chi connectivity index (χ1v) is 7.41. The van der Waals surface area contributed by atoms with Crippen molar-refractivity contribution in [1.82, 2.24) is 0 Å². The normalized spacial score (nSPS) is 11.5. The van der Waals surface area contributed by atoms with Gasteiger partial charge in [-0.1, -0.05) is 40.0 Å². The number of amidine groups is 1. The van der Waals surface area contributed by atoms with E-state index in [4.69, 9.17) is 45.7 Å². The maximum absolute atomic E-state index is 12.1. The van der Waals surface area contributed by atoms with Crippen LogP contribution in [0.2, 0.25) is 13.7 Å². The Morgan fingerprint density at radius 3 is 2.52 bits per heavy atom. The predicted molar refractivity (Wildman–Crippen MR) is 86.3 cm³/mol. The van der Waals surface area contributed by atoms with Crippen molar-refractivity contribution in [3.63, 3.8) is 0 Å². The molecule has 9 heteroatoms. The second-order valence-corrected chi connectivity index (χ2v) is 6.56. The van der Waals surface area contributed by atoms with Crippen LogP contribution in [0.15, 0.2) is 29.4 Å². The van der Waals surface area contributed by atoms with Crippen LogP contribution in [0, 0.1) is 0 Å². The van der Waals surface area contributed by atoms with Crippen LogP contribution < -0.4 is 11.1 Å². The molecule has 4 N–H and O–H groups in total. The zero-order chi connectivity index (χ0) is 15.6. The number of halogens is 3. The molecule has 0 unspecified atom stereocenters. The number of anilines is 1. The Hall–Kier alpha value is -1.47. The van der Waals surface area contributed by atoms with Gasteiger partial charge in [-0.05, 0) is 24.3 Å². The van der Waals surface area contributed by atoms with Gasteiger partial charge in [-0.2, -0.15) is 0 Å². The number of nitrogens with zero attached hydrogens (tertiary/aromatic N) is 1. The summed E-state index contributed by atoms with van der Waals surface area (Å²) in [5, 5.41) is 14.3. The summed E-state index contributed by atoms with van der Waals surface area (Å²) in [6.07, 6.45) is 0. The summed E-state index contributed by atoms with van der Waals surface area (Å²) in [6.45, 7) is 0. The zero-order valence-corrected chi connectivity index (χ0v) is 13.3. The second-order valence-electron chi connectivity index (χ2n) is 3.87. The second kappa shape index (κ2) is 6.53. The van der Waals surface area contributed by atoms with E-state index in [0.717, 1.165) is 11.3 Å². The highest BCUT2D eigenvalue weighted by atomic mass is 35.5. The number of nitrogens with one attached hydrogen (secondary N) is 1. The largest absolute Gasteiger partial charge is 0.409 e. The van der Waals surface area contributed by atoms with E-state index < -0.39 is 5.91 Å². The van der Waals surface area contributed by atoms with Crippen LogP contribution in [0.1, 0.15) is 15.9 Å². The average molecular weight is 365 g/mol. The van der Waals surface area contributed by atoms with Crippen LogP contribution in [0.25, 0.3) is 0 Å². The number of nitrogens with two attached hydrogens (primary N) is 1. The van der Waals surface area contributed by atoms with E-state index in [0.29, 0.717) is 19.9 Å². The molecule has 0 aliphatic rings. The summed E-state index contributed by atoms with van der Waals surface area (Å²) < 4.78 is 0.709. The van der Waals surface area contributed by atoms with E-state index in [-0.39, 0.29) is 16.4 Å². The van der Waals surface area contributed by atoms with Gasteiger partial charge in [0.25, 0.3) is 5.91 Å². The zero-order valence-electron chi connectivity index (χ0n) is 10.2. The summed E-state index contributed by atoms with van der Waals surface area (Å²) in [4.78, 5) is 12.1. The first kappa shape index (κ1) is 15.9. The summed E-state index contributed by atoms with van der Waals surface area (Å²) in [5.74, 6) is -0.510. The number of oxime groups is 1.